The van der Waals surface area contributed by atoms with Gasteiger partial charge in [-0.3, -0.25) is 0 Å². The van der Waals surface area contributed by atoms with Crippen LogP contribution >= 0.6 is 0 Å². The fourth-order valence-electron chi connectivity index (χ4n) is 2.46. The molecule has 0 bridgehead atoms. The molecule has 0 amide bonds. The van der Waals surface area contributed by atoms with Crippen molar-refractivity contribution < 1.29 is 17.9 Å². The minimum Gasteiger partial charge on any atom is -0.422 e. The fraction of sp³-hybridized carbons (Fsp3) is 0.0909. The second-order valence-electron chi connectivity index (χ2n) is 6.46. The molecule has 1 N–H and O–H groups in total. The number of para-hydroxylation sites is 1. The van der Waals surface area contributed by atoms with Crippen LogP contribution in [0.1, 0.15) is 27.0 Å². The number of nitrogens with zero attached hydrogens (tertiary/aromatic N) is 1. The van der Waals surface area contributed by atoms with Crippen LogP contribution in [0.3, 0.4) is 0 Å². The molecule has 0 aliphatic rings. The molecule has 0 radical (unpaired) electrons. The van der Waals surface area contributed by atoms with Crippen molar-refractivity contribution in [2.45, 2.75) is 18.7 Å². The van der Waals surface area contributed by atoms with E-state index in [4.69, 9.17) is 4.74 Å². The van der Waals surface area contributed by atoms with Gasteiger partial charge in [-0.1, -0.05) is 47.5 Å². The molecule has 29 heavy (non-hydrogen) atoms. The van der Waals surface area contributed by atoms with E-state index in [1.54, 1.807) is 48.5 Å². The van der Waals surface area contributed by atoms with E-state index in [1.807, 2.05) is 26.0 Å². The van der Waals surface area contributed by atoms with Crippen molar-refractivity contribution in [2.24, 2.45) is 5.10 Å². The second kappa shape index (κ2) is 8.70. The molecule has 0 fully saturated rings. The SMILES string of the molecule is Cc1ccc(C(=O)Oc2ccccc2/C=N/NS(=O)(=O)c2ccc(C)cc2)cc1. The Kier molecular flexibility index (Phi) is 6.09. The Balaban J connectivity index is 1.74. The van der Waals surface area contributed by atoms with E-state index in [0.29, 0.717) is 11.1 Å². The van der Waals surface area contributed by atoms with Gasteiger partial charge in [-0.15, -0.1) is 0 Å². The summed E-state index contributed by atoms with van der Waals surface area (Å²) in [7, 11) is -3.79. The Bertz CT molecular complexity index is 1140. The van der Waals surface area contributed by atoms with Crippen LogP contribution in [0.2, 0.25) is 0 Å². The van der Waals surface area contributed by atoms with Crippen LogP contribution < -0.4 is 9.57 Å². The lowest BCUT2D eigenvalue weighted by Gasteiger charge is -2.08. The van der Waals surface area contributed by atoms with Crippen molar-refractivity contribution in [2.75, 3.05) is 0 Å². The van der Waals surface area contributed by atoms with E-state index in [0.717, 1.165) is 11.1 Å². The summed E-state index contributed by atoms with van der Waals surface area (Å²) in [5, 5.41) is 3.81. The number of benzene rings is 3. The quantitative estimate of drug-likeness (QED) is 0.291. The van der Waals surface area contributed by atoms with Gasteiger partial charge in [-0.05, 0) is 50.2 Å². The number of hydrogen-bond acceptors (Lipinski definition) is 5. The predicted molar refractivity (Wildman–Crippen MR) is 112 cm³/mol. The van der Waals surface area contributed by atoms with Crippen molar-refractivity contribution >= 4 is 22.2 Å². The number of hydrogen-bond donors (Lipinski definition) is 1. The van der Waals surface area contributed by atoms with E-state index in [9.17, 15) is 13.2 Å². The van der Waals surface area contributed by atoms with E-state index in [2.05, 4.69) is 9.93 Å². The number of nitrogens with one attached hydrogen (secondary N) is 1. The van der Waals surface area contributed by atoms with Crippen LogP contribution in [0.25, 0.3) is 0 Å². The van der Waals surface area contributed by atoms with E-state index >= 15 is 0 Å². The van der Waals surface area contributed by atoms with Crippen molar-refractivity contribution in [1.29, 1.82) is 0 Å². The van der Waals surface area contributed by atoms with Crippen LogP contribution in [0.15, 0.2) is 82.8 Å². The monoisotopic (exact) mass is 408 g/mol. The van der Waals surface area contributed by atoms with Gasteiger partial charge in [0.2, 0.25) is 0 Å². The average Bonchev–Trinajstić information content (AvgIpc) is 2.70. The van der Waals surface area contributed by atoms with E-state index < -0.39 is 16.0 Å². The zero-order chi connectivity index (χ0) is 20.9. The number of ether oxygens (including phenoxy) is 1. The number of aryl methyl sites for hydroxylation is 2. The van der Waals surface area contributed by atoms with Gasteiger partial charge in [0, 0.05) is 5.56 Å². The van der Waals surface area contributed by atoms with Crippen LogP contribution in [-0.2, 0) is 10.0 Å². The third-order valence-electron chi connectivity index (χ3n) is 4.12. The first-order valence-electron chi connectivity index (χ1n) is 8.84. The van der Waals surface area contributed by atoms with Crippen molar-refractivity contribution in [1.82, 2.24) is 4.83 Å². The van der Waals surface area contributed by atoms with Crippen LogP contribution in [0.4, 0.5) is 0 Å². The van der Waals surface area contributed by atoms with Gasteiger partial charge in [0.25, 0.3) is 10.0 Å². The number of carbonyl (C=O) groups excluding carboxylic acids is 1. The lowest BCUT2D eigenvalue weighted by atomic mass is 10.1. The summed E-state index contributed by atoms with van der Waals surface area (Å²) >= 11 is 0. The molecule has 3 aromatic rings. The molecule has 0 saturated carbocycles. The molecule has 0 aliphatic heterocycles. The highest BCUT2D eigenvalue weighted by molar-refractivity contribution is 7.89. The van der Waals surface area contributed by atoms with Gasteiger partial charge < -0.3 is 4.74 Å². The summed E-state index contributed by atoms with van der Waals surface area (Å²) < 4.78 is 30.0. The fourth-order valence-corrected chi connectivity index (χ4v) is 3.26. The maximum atomic E-state index is 12.3. The van der Waals surface area contributed by atoms with Crippen molar-refractivity contribution in [3.8, 4) is 5.75 Å². The molecule has 3 rings (SSSR count). The zero-order valence-electron chi connectivity index (χ0n) is 16.0. The highest BCUT2D eigenvalue weighted by Gasteiger charge is 2.13. The normalized spacial score (nSPS) is 11.4. The molecule has 0 atom stereocenters. The predicted octanol–water partition coefficient (Wildman–Crippen LogP) is 3.84. The first-order chi connectivity index (χ1) is 13.8. The number of sulfonamides is 1. The largest absolute Gasteiger partial charge is 0.422 e. The van der Waals surface area contributed by atoms with Crippen molar-refractivity contribution in [3.05, 3.63) is 95.1 Å². The molecule has 0 unspecified atom stereocenters. The summed E-state index contributed by atoms with van der Waals surface area (Å²) in [4.78, 5) is 14.6. The first-order valence-corrected chi connectivity index (χ1v) is 10.3. The second-order valence-corrected chi connectivity index (χ2v) is 8.12. The summed E-state index contributed by atoms with van der Waals surface area (Å²) in [6.07, 6.45) is 1.30. The summed E-state index contributed by atoms with van der Waals surface area (Å²) in [6, 6.07) is 20.2. The smallest absolute Gasteiger partial charge is 0.343 e. The van der Waals surface area contributed by atoms with E-state index in [-0.39, 0.29) is 10.6 Å². The van der Waals surface area contributed by atoms with Crippen molar-refractivity contribution in [3.63, 3.8) is 0 Å². The molecule has 0 saturated heterocycles. The van der Waals surface area contributed by atoms with Gasteiger partial charge in [0.05, 0.1) is 16.7 Å². The molecule has 0 spiro atoms. The van der Waals surface area contributed by atoms with Crippen LogP contribution in [-0.4, -0.2) is 20.6 Å². The molecule has 7 heteroatoms. The summed E-state index contributed by atoms with van der Waals surface area (Å²) in [5.41, 5.74) is 2.87. The Morgan fingerprint density at radius 1 is 0.897 bits per heavy atom. The third-order valence-corrected chi connectivity index (χ3v) is 5.36. The lowest BCUT2D eigenvalue weighted by Crippen LogP contribution is -2.18. The zero-order valence-corrected chi connectivity index (χ0v) is 16.8. The Labute approximate surface area is 169 Å². The molecular weight excluding hydrogens is 388 g/mol. The number of hydrazone groups is 1. The molecular formula is C22H20N2O4S. The third kappa shape index (κ3) is 5.30. The highest BCUT2D eigenvalue weighted by Crippen LogP contribution is 2.18. The van der Waals surface area contributed by atoms with Gasteiger partial charge in [0.15, 0.2) is 0 Å². The van der Waals surface area contributed by atoms with Gasteiger partial charge in [-0.25, -0.2) is 9.63 Å². The summed E-state index contributed by atoms with van der Waals surface area (Å²) in [5.74, 6) is -0.234. The van der Waals surface area contributed by atoms with Gasteiger partial charge in [0.1, 0.15) is 5.75 Å². The molecule has 148 valence electrons. The van der Waals surface area contributed by atoms with Crippen LogP contribution in [0, 0.1) is 13.8 Å². The first kappa shape index (κ1) is 20.3. The maximum Gasteiger partial charge on any atom is 0.343 e. The standard InChI is InChI=1S/C22H20N2O4S/c1-16-7-11-18(12-8-16)22(25)28-21-6-4-3-5-19(21)15-23-24-29(26,27)20-13-9-17(2)10-14-20/h3-15,24H,1-2H3/b23-15+. The summed E-state index contributed by atoms with van der Waals surface area (Å²) in [6.45, 7) is 3.80. The topological polar surface area (TPSA) is 84.8 Å². The molecule has 0 aromatic heterocycles. The van der Waals surface area contributed by atoms with Gasteiger partial charge >= 0.3 is 5.97 Å². The minimum atomic E-state index is -3.79. The molecule has 6 nitrogen and oxygen atoms in total. The molecule has 0 aliphatic carbocycles. The van der Waals surface area contributed by atoms with E-state index in [1.165, 1.54) is 18.3 Å². The molecule has 3 aromatic carbocycles. The highest BCUT2D eigenvalue weighted by atomic mass is 32.2. The lowest BCUT2D eigenvalue weighted by molar-refractivity contribution is 0.0734. The minimum absolute atomic E-state index is 0.110. The van der Waals surface area contributed by atoms with Gasteiger partial charge in [-0.2, -0.15) is 13.5 Å². The Morgan fingerprint density at radius 3 is 2.14 bits per heavy atom. The Morgan fingerprint density at radius 2 is 1.48 bits per heavy atom. The number of rotatable bonds is 6. The Hall–Kier alpha value is -3.45. The average molecular weight is 408 g/mol. The number of esters is 1. The molecule has 0 heterocycles. The number of carbonyl (C=O) groups is 1. The van der Waals surface area contributed by atoms with Crippen LogP contribution in [0.5, 0.6) is 5.75 Å². The maximum absolute atomic E-state index is 12.3.